The van der Waals surface area contributed by atoms with Crippen LogP contribution in [-0.2, 0) is 6.61 Å². The Morgan fingerprint density at radius 1 is 1.30 bits per heavy atom. The highest BCUT2D eigenvalue weighted by atomic mass is 35.5. The number of anilines is 1. The standard InChI is InChI=1S/C15H15ClN2O2/c1-9-5-6-10(12(16)7-9)8-20-14-11(15(18)19)3-2-4-13(14)17/h2-7H,8,17H2,1H3,(H2,18,19). The monoisotopic (exact) mass is 290 g/mol. The zero-order valence-electron chi connectivity index (χ0n) is 11.0. The summed E-state index contributed by atoms with van der Waals surface area (Å²) < 4.78 is 5.63. The first-order valence-corrected chi connectivity index (χ1v) is 6.43. The molecule has 0 aliphatic carbocycles. The van der Waals surface area contributed by atoms with E-state index in [4.69, 9.17) is 27.8 Å². The van der Waals surface area contributed by atoms with Gasteiger partial charge in [-0.25, -0.2) is 0 Å². The lowest BCUT2D eigenvalue weighted by atomic mass is 10.1. The molecule has 0 spiro atoms. The van der Waals surface area contributed by atoms with E-state index in [0.717, 1.165) is 11.1 Å². The summed E-state index contributed by atoms with van der Waals surface area (Å²) in [7, 11) is 0. The van der Waals surface area contributed by atoms with Crippen LogP contribution in [0.2, 0.25) is 5.02 Å². The van der Waals surface area contributed by atoms with Crippen LogP contribution in [0.25, 0.3) is 0 Å². The van der Waals surface area contributed by atoms with E-state index in [1.165, 1.54) is 0 Å². The number of carbonyl (C=O) groups is 1. The minimum atomic E-state index is -0.581. The second kappa shape index (κ2) is 5.84. The Morgan fingerprint density at radius 2 is 2.05 bits per heavy atom. The van der Waals surface area contributed by atoms with Crippen molar-refractivity contribution in [3.63, 3.8) is 0 Å². The van der Waals surface area contributed by atoms with Gasteiger partial charge < -0.3 is 16.2 Å². The number of ether oxygens (including phenoxy) is 1. The van der Waals surface area contributed by atoms with Gasteiger partial charge in [-0.15, -0.1) is 0 Å². The molecule has 2 aromatic carbocycles. The van der Waals surface area contributed by atoms with Gasteiger partial charge in [0.25, 0.3) is 5.91 Å². The minimum Gasteiger partial charge on any atom is -0.486 e. The Morgan fingerprint density at radius 3 is 2.70 bits per heavy atom. The molecule has 1 amide bonds. The number of hydrogen-bond donors (Lipinski definition) is 2. The predicted octanol–water partition coefficient (Wildman–Crippen LogP) is 2.91. The maximum atomic E-state index is 11.4. The smallest absolute Gasteiger partial charge is 0.252 e. The Bertz CT molecular complexity index is 656. The summed E-state index contributed by atoms with van der Waals surface area (Å²) in [6, 6.07) is 10.5. The van der Waals surface area contributed by atoms with Crippen molar-refractivity contribution in [1.82, 2.24) is 0 Å². The van der Waals surface area contributed by atoms with Crippen molar-refractivity contribution in [2.24, 2.45) is 5.73 Å². The highest BCUT2D eigenvalue weighted by Gasteiger charge is 2.13. The number of carbonyl (C=O) groups excluding carboxylic acids is 1. The summed E-state index contributed by atoms with van der Waals surface area (Å²) in [4.78, 5) is 11.4. The van der Waals surface area contributed by atoms with Gasteiger partial charge in [-0.2, -0.15) is 0 Å². The number of aryl methyl sites for hydroxylation is 1. The normalized spacial score (nSPS) is 10.3. The molecule has 0 atom stereocenters. The third-order valence-corrected chi connectivity index (χ3v) is 3.24. The fraction of sp³-hybridized carbons (Fsp3) is 0.133. The molecule has 4 nitrogen and oxygen atoms in total. The van der Waals surface area contributed by atoms with Crippen molar-refractivity contribution in [2.45, 2.75) is 13.5 Å². The summed E-state index contributed by atoms with van der Waals surface area (Å²) in [5.74, 6) is -0.293. The molecule has 0 aliphatic rings. The fourth-order valence-corrected chi connectivity index (χ4v) is 2.12. The molecule has 0 aromatic heterocycles. The van der Waals surface area contributed by atoms with Crippen LogP contribution in [0.4, 0.5) is 5.69 Å². The lowest BCUT2D eigenvalue weighted by molar-refractivity contribution is 0.0996. The van der Waals surface area contributed by atoms with Gasteiger partial charge in [0.2, 0.25) is 0 Å². The zero-order chi connectivity index (χ0) is 14.7. The summed E-state index contributed by atoms with van der Waals surface area (Å²) in [5.41, 5.74) is 13.6. The second-order valence-electron chi connectivity index (χ2n) is 4.47. The molecule has 2 aromatic rings. The van der Waals surface area contributed by atoms with E-state index in [0.29, 0.717) is 10.7 Å². The van der Waals surface area contributed by atoms with Gasteiger partial charge in [0.05, 0.1) is 11.3 Å². The number of nitrogens with two attached hydrogens (primary N) is 2. The molecule has 104 valence electrons. The number of para-hydroxylation sites is 1. The van der Waals surface area contributed by atoms with Crippen molar-refractivity contribution < 1.29 is 9.53 Å². The zero-order valence-corrected chi connectivity index (χ0v) is 11.8. The van der Waals surface area contributed by atoms with Gasteiger partial charge in [-0.05, 0) is 30.7 Å². The average molecular weight is 291 g/mol. The number of hydrogen-bond acceptors (Lipinski definition) is 3. The predicted molar refractivity (Wildman–Crippen MR) is 79.9 cm³/mol. The molecular formula is C15H15ClN2O2. The Balaban J connectivity index is 2.25. The van der Waals surface area contributed by atoms with Crippen molar-refractivity contribution in [2.75, 3.05) is 5.73 Å². The maximum Gasteiger partial charge on any atom is 0.252 e. The second-order valence-corrected chi connectivity index (χ2v) is 4.88. The SMILES string of the molecule is Cc1ccc(COc2c(N)cccc2C(N)=O)c(Cl)c1. The van der Waals surface area contributed by atoms with Gasteiger partial charge in [-0.1, -0.05) is 29.8 Å². The van der Waals surface area contributed by atoms with E-state index in [9.17, 15) is 4.79 Å². The van der Waals surface area contributed by atoms with Gasteiger partial charge in [-0.3, -0.25) is 4.79 Å². The number of benzene rings is 2. The van der Waals surface area contributed by atoms with Gasteiger partial charge >= 0.3 is 0 Å². The summed E-state index contributed by atoms with van der Waals surface area (Å²) in [6.07, 6.45) is 0. The quantitative estimate of drug-likeness (QED) is 0.850. The first kappa shape index (κ1) is 14.2. The van der Waals surface area contributed by atoms with E-state index in [1.807, 2.05) is 25.1 Å². The van der Waals surface area contributed by atoms with Crippen molar-refractivity contribution in [3.05, 3.63) is 58.1 Å². The van der Waals surface area contributed by atoms with E-state index in [-0.39, 0.29) is 17.9 Å². The third kappa shape index (κ3) is 3.03. The van der Waals surface area contributed by atoms with Crippen LogP contribution in [0.15, 0.2) is 36.4 Å². The largest absolute Gasteiger partial charge is 0.486 e. The van der Waals surface area contributed by atoms with Crippen molar-refractivity contribution in [3.8, 4) is 5.75 Å². The molecule has 4 N–H and O–H groups in total. The van der Waals surface area contributed by atoms with E-state index in [1.54, 1.807) is 18.2 Å². The fourth-order valence-electron chi connectivity index (χ4n) is 1.83. The van der Waals surface area contributed by atoms with Crippen LogP contribution in [0.5, 0.6) is 5.75 Å². The number of rotatable bonds is 4. The highest BCUT2D eigenvalue weighted by molar-refractivity contribution is 6.31. The minimum absolute atomic E-state index is 0.216. The third-order valence-electron chi connectivity index (χ3n) is 2.89. The summed E-state index contributed by atoms with van der Waals surface area (Å²) in [5, 5.41) is 0.611. The number of nitrogen functional groups attached to an aromatic ring is 1. The van der Waals surface area contributed by atoms with Crippen LogP contribution >= 0.6 is 11.6 Å². The number of halogens is 1. The van der Waals surface area contributed by atoms with Gasteiger partial charge in [0.15, 0.2) is 5.75 Å². The molecule has 0 fully saturated rings. The van der Waals surface area contributed by atoms with Crippen LogP contribution in [0, 0.1) is 6.92 Å². The molecule has 0 heterocycles. The van der Waals surface area contributed by atoms with E-state index < -0.39 is 5.91 Å². The molecule has 5 heteroatoms. The van der Waals surface area contributed by atoms with Gasteiger partial charge in [0.1, 0.15) is 6.61 Å². The molecule has 2 rings (SSSR count). The number of amides is 1. The molecule has 0 saturated heterocycles. The van der Waals surface area contributed by atoms with E-state index in [2.05, 4.69) is 0 Å². The molecule has 20 heavy (non-hydrogen) atoms. The summed E-state index contributed by atoms with van der Waals surface area (Å²) >= 11 is 6.13. The van der Waals surface area contributed by atoms with Crippen LogP contribution in [0.1, 0.15) is 21.5 Å². The van der Waals surface area contributed by atoms with Crippen molar-refractivity contribution in [1.29, 1.82) is 0 Å². The maximum absolute atomic E-state index is 11.4. The lowest BCUT2D eigenvalue weighted by Crippen LogP contribution is -2.14. The van der Waals surface area contributed by atoms with Crippen LogP contribution in [-0.4, -0.2) is 5.91 Å². The van der Waals surface area contributed by atoms with Crippen LogP contribution < -0.4 is 16.2 Å². The molecule has 0 radical (unpaired) electrons. The molecule has 0 saturated carbocycles. The number of primary amides is 1. The first-order valence-electron chi connectivity index (χ1n) is 6.05. The molecule has 0 bridgehead atoms. The van der Waals surface area contributed by atoms with E-state index >= 15 is 0 Å². The Hall–Kier alpha value is -2.20. The first-order chi connectivity index (χ1) is 9.49. The molecule has 0 unspecified atom stereocenters. The summed E-state index contributed by atoms with van der Waals surface area (Å²) in [6.45, 7) is 2.17. The van der Waals surface area contributed by atoms with Gasteiger partial charge in [0, 0.05) is 10.6 Å². The molecule has 0 aliphatic heterocycles. The topological polar surface area (TPSA) is 78.3 Å². The Kier molecular flexibility index (Phi) is 4.15. The van der Waals surface area contributed by atoms with Crippen LogP contribution in [0.3, 0.4) is 0 Å². The lowest BCUT2D eigenvalue weighted by Gasteiger charge is -2.13. The van der Waals surface area contributed by atoms with Crippen molar-refractivity contribution >= 4 is 23.2 Å². The highest BCUT2D eigenvalue weighted by Crippen LogP contribution is 2.28. The molecular weight excluding hydrogens is 276 g/mol. The average Bonchev–Trinajstić information content (AvgIpc) is 2.38. The Labute approximate surface area is 122 Å².